The first-order valence-electron chi connectivity index (χ1n) is 5.59. The van der Waals surface area contributed by atoms with Gasteiger partial charge in [-0.1, -0.05) is 12.1 Å². The highest BCUT2D eigenvalue weighted by molar-refractivity contribution is 9.10. The van der Waals surface area contributed by atoms with Crippen LogP contribution in [0, 0.1) is 21.7 Å². The van der Waals surface area contributed by atoms with Crippen molar-refractivity contribution in [2.24, 2.45) is 0 Å². The molecule has 1 amide bonds. The van der Waals surface area contributed by atoms with Crippen LogP contribution in [0.4, 0.5) is 20.2 Å². The van der Waals surface area contributed by atoms with Gasteiger partial charge < -0.3 is 5.32 Å². The van der Waals surface area contributed by atoms with Gasteiger partial charge in [0.05, 0.1) is 22.2 Å². The maximum Gasteiger partial charge on any atom is 0.308 e. The Morgan fingerprint density at radius 1 is 1.24 bits per heavy atom. The maximum absolute atomic E-state index is 13.9. The van der Waals surface area contributed by atoms with Gasteiger partial charge in [-0.2, -0.15) is 4.39 Å². The molecule has 0 saturated heterocycles. The summed E-state index contributed by atoms with van der Waals surface area (Å²) in [6.45, 7) is 0. The third kappa shape index (κ3) is 3.22. The molecule has 0 saturated carbocycles. The first-order chi connectivity index (χ1) is 9.90. The van der Waals surface area contributed by atoms with Gasteiger partial charge in [0.15, 0.2) is 0 Å². The van der Waals surface area contributed by atoms with Crippen LogP contribution in [0.5, 0.6) is 0 Å². The number of hydrogen-bond acceptors (Lipinski definition) is 3. The molecule has 0 fully saturated rings. The summed E-state index contributed by atoms with van der Waals surface area (Å²) in [6.07, 6.45) is 0. The van der Waals surface area contributed by atoms with E-state index in [1.807, 2.05) is 0 Å². The van der Waals surface area contributed by atoms with Crippen LogP contribution in [0.15, 0.2) is 40.9 Å². The van der Waals surface area contributed by atoms with E-state index in [1.54, 1.807) is 18.2 Å². The molecule has 0 spiro atoms. The van der Waals surface area contributed by atoms with Crippen LogP contribution in [-0.2, 0) is 0 Å². The molecule has 0 aromatic heterocycles. The van der Waals surface area contributed by atoms with Gasteiger partial charge in [-0.15, -0.1) is 0 Å². The third-order valence-corrected chi connectivity index (χ3v) is 3.27. The number of nitro groups is 1. The van der Waals surface area contributed by atoms with Gasteiger partial charge in [-0.05, 0) is 34.1 Å². The van der Waals surface area contributed by atoms with Gasteiger partial charge in [0.2, 0.25) is 5.82 Å². The molecule has 0 atom stereocenters. The Morgan fingerprint density at radius 3 is 2.52 bits per heavy atom. The van der Waals surface area contributed by atoms with Gasteiger partial charge in [-0.3, -0.25) is 14.9 Å². The zero-order valence-corrected chi connectivity index (χ0v) is 11.9. The van der Waals surface area contributed by atoms with Crippen LogP contribution < -0.4 is 5.32 Å². The Hall–Kier alpha value is -2.35. The molecule has 21 heavy (non-hydrogen) atoms. The lowest BCUT2D eigenvalue weighted by Gasteiger charge is -2.08. The topological polar surface area (TPSA) is 72.2 Å². The number of benzene rings is 2. The number of carbonyl (C=O) groups is 1. The first-order valence-corrected chi connectivity index (χ1v) is 6.38. The van der Waals surface area contributed by atoms with E-state index in [9.17, 15) is 23.7 Å². The van der Waals surface area contributed by atoms with Crippen molar-refractivity contribution in [3.8, 4) is 0 Å². The lowest BCUT2D eigenvalue weighted by Crippen LogP contribution is -2.15. The lowest BCUT2D eigenvalue weighted by molar-refractivity contribution is -0.387. The number of anilines is 1. The number of amides is 1. The molecule has 2 aromatic rings. The molecule has 2 aromatic carbocycles. The molecule has 0 aliphatic heterocycles. The highest BCUT2D eigenvalue weighted by Crippen LogP contribution is 2.25. The monoisotopic (exact) mass is 356 g/mol. The van der Waals surface area contributed by atoms with Crippen LogP contribution in [-0.4, -0.2) is 10.8 Å². The van der Waals surface area contributed by atoms with Crippen molar-refractivity contribution in [3.05, 3.63) is 68.2 Å². The van der Waals surface area contributed by atoms with Gasteiger partial charge in [0.25, 0.3) is 5.91 Å². The second-order valence-electron chi connectivity index (χ2n) is 3.98. The minimum Gasteiger partial charge on any atom is -0.321 e. The van der Waals surface area contributed by atoms with Crippen LogP contribution in [0.25, 0.3) is 0 Å². The number of nitrogens with one attached hydrogen (secondary N) is 1. The normalized spacial score (nSPS) is 10.2. The molecular weight excluding hydrogens is 350 g/mol. The van der Waals surface area contributed by atoms with Crippen molar-refractivity contribution in [2.45, 2.75) is 0 Å². The lowest BCUT2D eigenvalue weighted by atomic mass is 10.1. The van der Waals surface area contributed by atoms with Crippen molar-refractivity contribution in [3.63, 3.8) is 0 Å². The second kappa shape index (κ2) is 5.96. The molecule has 5 nitrogen and oxygen atoms in total. The summed E-state index contributed by atoms with van der Waals surface area (Å²) >= 11 is 3.18. The van der Waals surface area contributed by atoms with E-state index in [0.29, 0.717) is 22.3 Å². The number of para-hydroxylation sites is 1. The van der Waals surface area contributed by atoms with E-state index >= 15 is 0 Å². The van der Waals surface area contributed by atoms with Gasteiger partial charge in [0.1, 0.15) is 5.82 Å². The highest BCUT2D eigenvalue weighted by atomic mass is 79.9. The molecule has 8 heteroatoms. The highest BCUT2D eigenvalue weighted by Gasteiger charge is 2.24. The molecule has 0 unspecified atom stereocenters. The first kappa shape index (κ1) is 15.0. The van der Waals surface area contributed by atoms with Crippen LogP contribution >= 0.6 is 15.9 Å². The Kier molecular flexibility index (Phi) is 4.27. The molecular formula is C13H7BrF2N2O3. The smallest absolute Gasteiger partial charge is 0.308 e. The average molecular weight is 357 g/mol. The molecule has 0 heterocycles. The van der Waals surface area contributed by atoms with Gasteiger partial charge in [0, 0.05) is 4.47 Å². The number of hydrogen-bond donors (Lipinski definition) is 1. The summed E-state index contributed by atoms with van der Waals surface area (Å²) in [6, 6.07) is 7.53. The Bertz CT molecular complexity index is 737. The zero-order chi connectivity index (χ0) is 15.6. The quantitative estimate of drug-likeness (QED) is 0.669. The summed E-state index contributed by atoms with van der Waals surface area (Å²) in [4.78, 5) is 21.5. The number of nitrogens with zero attached hydrogens (tertiary/aromatic N) is 1. The Labute approximate surface area is 125 Å². The minimum atomic E-state index is -1.38. The van der Waals surface area contributed by atoms with E-state index in [-0.39, 0.29) is 0 Å². The van der Waals surface area contributed by atoms with Crippen LogP contribution in [0.1, 0.15) is 10.4 Å². The molecule has 0 aliphatic carbocycles. The fourth-order valence-corrected chi connectivity index (χ4v) is 2.01. The molecule has 0 aliphatic rings. The predicted molar refractivity (Wildman–Crippen MR) is 75.1 cm³/mol. The molecule has 2 rings (SSSR count). The second-order valence-corrected chi connectivity index (χ2v) is 4.83. The number of rotatable bonds is 3. The van der Waals surface area contributed by atoms with Crippen LogP contribution in [0.3, 0.4) is 0 Å². The Morgan fingerprint density at radius 2 is 1.90 bits per heavy atom. The number of halogens is 3. The van der Waals surface area contributed by atoms with Crippen molar-refractivity contribution >= 4 is 33.2 Å². The van der Waals surface area contributed by atoms with Crippen molar-refractivity contribution in [2.75, 3.05) is 5.32 Å². The number of carbonyl (C=O) groups excluding carboxylic acids is 1. The molecule has 108 valence electrons. The summed E-state index contributed by atoms with van der Waals surface area (Å²) in [5.74, 6) is -3.44. The van der Waals surface area contributed by atoms with E-state index in [2.05, 4.69) is 21.2 Å². The van der Waals surface area contributed by atoms with E-state index in [1.165, 1.54) is 6.07 Å². The standard InChI is InChI=1S/C13H7BrF2N2O3/c14-9-3-1-2-4-10(9)17-13(19)8-5-7(15)6-11(12(8)16)18(20)21/h1-6H,(H,17,19). The van der Waals surface area contributed by atoms with E-state index < -0.39 is 33.7 Å². The van der Waals surface area contributed by atoms with Gasteiger partial charge in [-0.25, -0.2) is 4.39 Å². The van der Waals surface area contributed by atoms with Crippen molar-refractivity contribution in [1.82, 2.24) is 0 Å². The molecule has 1 N–H and O–H groups in total. The van der Waals surface area contributed by atoms with E-state index in [4.69, 9.17) is 0 Å². The molecule has 0 radical (unpaired) electrons. The SMILES string of the molecule is O=C(Nc1ccccc1Br)c1cc(F)cc([N+](=O)[O-])c1F. The van der Waals surface area contributed by atoms with Crippen molar-refractivity contribution in [1.29, 1.82) is 0 Å². The minimum absolute atomic E-state index is 0.328. The van der Waals surface area contributed by atoms with E-state index in [0.717, 1.165) is 0 Å². The fourth-order valence-electron chi connectivity index (χ4n) is 1.63. The average Bonchev–Trinajstić information content (AvgIpc) is 2.43. The largest absolute Gasteiger partial charge is 0.321 e. The maximum atomic E-state index is 13.9. The summed E-state index contributed by atoms with van der Waals surface area (Å²) in [5, 5.41) is 13.0. The summed E-state index contributed by atoms with van der Waals surface area (Å²) in [5.41, 5.74) is -1.50. The number of nitro benzene ring substituents is 1. The predicted octanol–water partition coefficient (Wildman–Crippen LogP) is 3.89. The zero-order valence-electron chi connectivity index (χ0n) is 10.3. The van der Waals surface area contributed by atoms with Crippen LogP contribution in [0.2, 0.25) is 0 Å². The van der Waals surface area contributed by atoms with Crippen molar-refractivity contribution < 1.29 is 18.5 Å². The third-order valence-electron chi connectivity index (χ3n) is 2.58. The Balaban J connectivity index is 2.40. The summed E-state index contributed by atoms with van der Waals surface area (Å²) < 4.78 is 27.7. The van der Waals surface area contributed by atoms with Gasteiger partial charge >= 0.3 is 5.69 Å². The fraction of sp³-hybridized carbons (Fsp3) is 0. The summed E-state index contributed by atoms with van der Waals surface area (Å²) in [7, 11) is 0. The molecule has 0 bridgehead atoms.